The zero-order chi connectivity index (χ0) is 38.1. The smallest absolute Gasteiger partial charge is 0.135 e. The Morgan fingerprint density at radius 1 is 0.574 bits per heavy atom. The second-order valence-corrected chi connectivity index (χ2v) is 18.4. The molecular weight excluding hydrogens is 844 g/mol. The fourth-order valence-corrected chi connectivity index (χ4v) is 7.33. The molecule has 0 radical (unpaired) electrons. The average molecular weight is 897 g/mol. The van der Waals surface area contributed by atoms with Crippen LogP contribution in [-0.4, -0.2) is 9.55 Å². The molecule has 6 heteroatoms. The van der Waals surface area contributed by atoms with Crippen LogP contribution >= 0.6 is 0 Å². The molecule has 0 amide bonds. The van der Waals surface area contributed by atoms with E-state index >= 15 is 0 Å². The summed E-state index contributed by atoms with van der Waals surface area (Å²) < 4.78 is 8.81. The second-order valence-electron chi connectivity index (χ2n) is 18.4. The van der Waals surface area contributed by atoms with E-state index in [0.29, 0.717) is 11.5 Å². The van der Waals surface area contributed by atoms with Crippen molar-refractivity contribution < 1.29 is 25.8 Å². The Balaban J connectivity index is 0.00000497. The number of fused-ring (bicyclic) bond motifs is 3. The van der Waals surface area contributed by atoms with Crippen LogP contribution in [0.15, 0.2) is 109 Å². The van der Waals surface area contributed by atoms with Crippen LogP contribution in [0.5, 0.6) is 11.5 Å². The van der Waals surface area contributed by atoms with Gasteiger partial charge < -0.3 is 19.1 Å². The monoisotopic (exact) mass is 896 g/mol. The molecule has 0 bridgehead atoms. The van der Waals surface area contributed by atoms with Crippen molar-refractivity contribution >= 4 is 33.2 Å². The van der Waals surface area contributed by atoms with Gasteiger partial charge in [0.15, 0.2) is 0 Å². The van der Waals surface area contributed by atoms with Gasteiger partial charge >= 0.3 is 0 Å². The van der Waals surface area contributed by atoms with E-state index in [1.54, 1.807) is 0 Å². The van der Waals surface area contributed by atoms with Crippen molar-refractivity contribution in [3.63, 3.8) is 0 Å². The summed E-state index contributed by atoms with van der Waals surface area (Å²) in [7, 11) is 0. The Bertz CT molecular complexity index is 2340. The zero-order valence-electron chi connectivity index (χ0n) is 33.8. The van der Waals surface area contributed by atoms with Crippen molar-refractivity contribution in [1.29, 1.82) is 0 Å². The maximum Gasteiger partial charge on any atom is 0.135 e. The predicted octanol–water partition coefficient (Wildman–Crippen LogP) is 12.9. The molecule has 0 fully saturated rings. The number of hydrogen-bond donors (Lipinski definition) is 0. The van der Waals surface area contributed by atoms with Crippen LogP contribution in [-0.2, 0) is 31.9 Å². The molecule has 6 aromatic rings. The van der Waals surface area contributed by atoms with Crippen LogP contribution in [0, 0.1) is 29.6 Å². The minimum Gasteiger partial charge on any atom is -0.509 e. The summed E-state index contributed by atoms with van der Waals surface area (Å²) in [5, 5.41) is 2.26. The van der Waals surface area contributed by atoms with Crippen molar-refractivity contribution in [3.8, 4) is 17.3 Å². The molecule has 1 aliphatic heterocycles. The number of allylic oxidation sites excluding steroid dienone is 2. The Morgan fingerprint density at radius 3 is 1.85 bits per heavy atom. The molecule has 0 spiro atoms. The van der Waals surface area contributed by atoms with Crippen molar-refractivity contribution in [1.82, 2.24) is 9.55 Å². The number of ether oxygens (including phenoxy) is 1. The van der Waals surface area contributed by atoms with E-state index in [-0.39, 0.29) is 42.7 Å². The van der Waals surface area contributed by atoms with Crippen LogP contribution in [0.25, 0.3) is 27.6 Å². The molecule has 284 valence electrons. The molecule has 3 heterocycles. The van der Waals surface area contributed by atoms with Gasteiger partial charge in [0.05, 0.1) is 0 Å². The number of aromatic nitrogens is 2. The van der Waals surface area contributed by atoms with Crippen LogP contribution < -0.4 is 14.5 Å². The molecule has 5 nitrogen and oxygen atoms in total. The molecule has 0 atom stereocenters. The summed E-state index contributed by atoms with van der Waals surface area (Å²) in [6.45, 7) is 29.4. The number of anilines is 2. The summed E-state index contributed by atoms with van der Waals surface area (Å²) in [6.07, 6.45) is 1.90. The first-order valence-electron chi connectivity index (χ1n) is 18.7. The summed E-state index contributed by atoms with van der Waals surface area (Å²) in [5.41, 5.74) is 8.90. The van der Waals surface area contributed by atoms with E-state index in [9.17, 15) is 0 Å². The van der Waals surface area contributed by atoms with Gasteiger partial charge in [-0.05, 0) is 57.7 Å². The van der Waals surface area contributed by atoms with E-state index in [2.05, 4.69) is 189 Å². The van der Waals surface area contributed by atoms with E-state index < -0.39 is 0 Å². The normalized spacial score (nSPS) is 14.3. The third-order valence-electron chi connectivity index (χ3n) is 10.00. The van der Waals surface area contributed by atoms with Gasteiger partial charge in [0, 0.05) is 72.2 Å². The van der Waals surface area contributed by atoms with Gasteiger partial charge in [0.1, 0.15) is 5.82 Å². The van der Waals surface area contributed by atoms with Gasteiger partial charge in [-0.3, -0.25) is 0 Å². The Hall–Kier alpha value is -4.34. The van der Waals surface area contributed by atoms with E-state index in [4.69, 9.17) is 9.72 Å². The molecule has 2 aromatic heterocycles. The molecule has 0 aliphatic carbocycles. The van der Waals surface area contributed by atoms with Crippen molar-refractivity contribution in [3.05, 3.63) is 139 Å². The number of benzene rings is 4. The van der Waals surface area contributed by atoms with Crippen molar-refractivity contribution in [2.75, 3.05) is 9.80 Å². The fourth-order valence-electron chi connectivity index (χ4n) is 7.33. The average Bonchev–Trinajstić information content (AvgIpc) is 3.66. The SMILES string of the molecule is CC(C)(C)C1=C(C(C)(C)C)N(c2ccc(C(C)(C)C)cc2)[CH-]N1c1[c-]c(Oc2[c-]c3c(cc2)c2ccccc2n3-c2cc(C(C)(C)C)ccn2)ccc1.[Pt]. The van der Waals surface area contributed by atoms with Gasteiger partial charge in [0.2, 0.25) is 0 Å². The molecule has 1 aliphatic rings. The minimum absolute atomic E-state index is 0. The molecule has 4 aromatic carbocycles. The van der Waals surface area contributed by atoms with Crippen LogP contribution in [0.4, 0.5) is 11.4 Å². The zero-order valence-corrected chi connectivity index (χ0v) is 36.1. The largest absolute Gasteiger partial charge is 0.509 e. The third-order valence-corrected chi connectivity index (χ3v) is 10.00. The summed E-state index contributed by atoms with van der Waals surface area (Å²) >= 11 is 0. The number of rotatable bonds is 5. The van der Waals surface area contributed by atoms with Crippen molar-refractivity contribution in [2.45, 2.75) is 93.9 Å². The van der Waals surface area contributed by atoms with E-state index in [1.807, 2.05) is 24.4 Å². The van der Waals surface area contributed by atoms with Crippen LogP contribution in [0.2, 0.25) is 0 Å². The number of para-hydroxylation sites is 1. The molecule has 0 N–H and O–H groups in total. The van der Waals surface area contributed by atoms with Gasteiger partial charge in [-0.1, -0.05) is 119 Å². The first-order chi connectivity index (χ1) is 24.8. The standard InChI is InChI=1S/C48H53N4O.Pt/c1-45(2,3)32-20-22-34(23-21-32)50-31-51(44(48(10,11)12)43(50)47(7,8)9)35-16-15-17-36(29-35)53-37-24-25-39-38-18-13-14-19-40(38)52(41(39)30-37)42-28-33(26-27-49-42)46(4,5)6;/h13-28,31H,1-12H3;/q-3;. The Kier molecular flexibility index (Phi) is 10.2. The van der Waals surface area contributed by atoms with Crippen molar-refractivity contribution in [2.24, 2.45) is 10.8 Å². The second kappa shape index (κ2) is 14.1. The fraction of sp³-hybridized carbons (Fsp3) is 0.333. The molecule has 54 heavy (non-hydrogen) atoms. The maximum atomic E-state index is 6.61. The molecule has 0 saturated carbocycles. The summed E-state index contributed by atoms with van der Waals surface area (Å²) in [5.74, 6) is 2.11. The topological polar surface area (TPSA) is 33.5 Å². The predicted molar refractivity (Wildman–Crippen MR) is 222 cm³/mol. The molecule has 7 rings (SSSR count). The Morgan fingerprint density at radius 2 is 1.20 bits per heavy atom. The third kappa shape index (κ3) is 7.49. The first-order valence-corrected chi connectivity index (χ1v) is 18.7. The van der Waals surface area contributed by atoms with Gasteiger partial charge in [-0.15, -0.1) is 48.1 Å². The van der Waals surface area contributed by atoms with Crippen LogP contribution in [0.1, 0.15) is 94.2 Å². The summed E-state index contributed by atoms with van der Waals surface area (Å²) in [4.78, 5) is 9.49. The van der Waals surface area contributed by atoms with E-state index in [0.717, 1.165) is 39.0 Å². The first kappa shape index (κ1) is 39.4. The van der Waals surface area contributed by atoms with Crippen LogP contribution in [0.3, 0.4) is 0 Å². The summed E-state index contributed by atoms with van der Waals surface area (Å²) in [6, 6.07) is 39.3. The molecule has 0 saturated heterocycles. The Labute approximate surface area is 337 Å². The molecule has 0 unspecified atom stereocenters. The quantitative estimate of drug-likeness (QED) is 0.161. The number of hydrogen-bond acceptors (Lipinski definition) is 4. The number of pyridine rings is 1. The minimum atomic E-state index is -0.158. The van der Waals surface area contributed by atoms with Gasteiger partial charge in [-0.2, -0.15) is 12.1 Å². The van der Waals surface area contributed by atoms with Gasteiger partial charge in [-0.25, -0.2) is 4.98 Å². The van der Waals surface area contributed by atoms with Gasteiger partial charge in [0.25, 0.3) is 0 Å². The van der Waals surface area contributed by atoms with E-state index in [1.165, 1.54) is 22.5 Å². The molecular formula is C48H53N4OPt-3. The number of nitrogens with zero attached hydrogens (tertiary/aromatic N) is 4. The maximum absolute atomic E-state index is 6.61.